The average Bonchev–Trinajstić information content (AvgIpc) is 3.83. The molecule has 2 heteroatoms. The van der Waals surface area contributed by atoms with Crippen molar-refractivity contribution in [1.82, 2.24) is 4.57 Å². The maximum Gasteiger partial charge on any atom is 0.0541 e. The molecule has 2 nitrogen and oxygen atoms in total. The standard InChI is InChI=1S/C63H46N2/c1-63(2)59-36-35-53(64(50-28-16-25-46(37-50)43-19-6-3-7-20-43)51-29-17-26-47(38-51)44-21-8-4-9-22-44)42-57(59)58-41-49(40-56(62(58)63)45-23-10-5-11-24-45)48-27-18-30-52(39-48)65-60-33-14-12-31-54(60)55-32-13-15-34-61(55)65/h3-42H,1-2H3. The molecule has 1 aliphatic rings. The summed E-state index contributed by atoms with van der Waals surface area (Å²) in [6.45, 7) is 4.80. The van der Waals surface area contributed by atoms with E-state index in [1.807, 2.05) is 0 Å². The number of fused-ring (bicyclic) bond motifs is 6. The molecule has 0 unspecified atom stereocenters. The second-order valence-corrected chi connectivity index (χ2v) is 17.8. The average molecular weight is 831 g/mol. The van der Waals surface area contributed by atoms with Crippen LogP contribution in [-0.2, 0) is 5.41 Å². The first-order valence-corrected chi connectivity index (χ1v) is 22.6. The minimum absolute atomic E-state index is 0.247. The third kappa shape index (κ3) is 6.57. The summed E-state index contributed by atoms with van der Waals surface area (Å²) >= 11 is 0. The fourth-order valence-electron chi connectivity index (χ4n) is 10.5. The Morgan fingerprint density at radius 3 is 1.37 bits per heavy atom. The third-order valence-corrected chi connectivity index (χ3v) is 13.5. The summed E-state index contributed by atoms with van der Waals surface area (Å²) in [5.41, 5.74) is 21.5. The van der Waals surface area contributed by atoms with Gasteiger partial charge in [-0.05, 0) is 140 Å². The SMILES string of the molecule is CC1(C)c2ccc(N(c3cccc(-c4ccccc4)c3)c3cccc(-c4ccccc4)c3)cc2-c2cc(-c3cccc(-n4c5ccccc5c5ccccc54)c3)cc(-c3ccccc3)c21. The fraction of sp³-hybridized carbons (Fsp3) is 0.0476. The summed E-state index contributed by atoms with van der Waals surface area (Å²) in [6, 6.07) is 88.9. The quantitative estimate of drug-likeness (QED) is 0.148. The second kappa shape index (κ2) is 15.6. The van der Waals surface area contributed by atoms with E-state index in [0.717, 1.165) is 22.7 Å². The normalized spacial score (nSPS) is 12.6. The molecule has 1 aromatic heterocycles. The number of hydrogen-bond donors (Lipinski definition) is 0. The molecule has 0 saturated heterocycles. The van der Waals surface area contributed by atoms with Crippen molar-refractivity contribution in [2.45, 2.75) is 19.3 Å². The number of aromatic nitrogens is 1. The maximum absolute atomic E-state index is 2.46. The lowest BCUT2D eigenvalue weighted by atomic mass is 9.78. The van der Waals surface area contributed by atoms with Gasteiger partial charge in [0.1, 0.15) is 0 Å². The zero-order chi connectivity index (χ0) is 43.5. The van der Waals surface area contributed by atoms with Crippen molar-refractivity contribution >= 4 is 38.9 Å². The lowest BCUT2D eigenvalue weighted by molar-refractivity contribution is 0.662. The Morgan fingerprint density at radius 1 is 0.323 bits per heavy atom. The molecule has 0 N–H and O–H groups in total. The molecular formula is C63H46N2. The van der Waals surface area contributed by atoms with Gasteiger partial charge in [-0.2, -0.15) is 0 Å². The Hall–Kier alpha value is -8.20. The van der Waals surface area contributed by atoms with Crippen LogP contribution < -0.4 is 4.90 Å². The van der Waals surface area contributed by atoms with E-state index in [-0.39, 0.29) is 5.41 Å². The van der Waals surface area contributed by atoms with Gasteiger partial charge in [-0.3, -0.25) is 0 Å². The molecule has 0 aliphatic heterocycles. The van der Waals surface area contributed by atoms with E-state index in [4.69, 9.17) is 0 Å². The first-order valence-electron chi connectivity index (χ1n) is 22.6. The number of anilines is 3. The first kappa shape index (κ1) is 38.5. The molecule has 12 rings (SSSR count). The minimum Gasteiger partial charge on any atom is -0.310 e. The van der Waals surface area contributed by atoms with Crippen LogP contribution in [0.2, 0.25) is 0 Å². The van der Waals surface area contributed by atoms with Gasteiger partial charge in [-0.25, -0.2) is 0 Å². The molecule has 308 valence electrons. The smallest absolute Gasteiger partial charge is 0.0541 e. The summed E-state index contributed by atoms with van der Waals surface area (Å²) in [5, 5.41) is 2.53. The first-order chi connectivity index (χ1) is 32.0. The van der Waals surface area contributed by atoms with E-state index in [0.29, 0.717) is 0 Å². The van der Waals surface area contributed by atoms with E-state index < -0.39 is 0 Å². The van der Waals surface area contributed by atoms with Crippen molar-refractivity contribution < 1.29 is 0 Å². The summed E-state index contributed by atoms with van der Waals surface area (Å²) in [6.07, 6.45) is 0. The number of para-hydroxylation sites is 2. The van der Waals surface area contributed by atoms with Crippen LogP contribution in [0.5, 0.6) is 0 Å². The Morgan fingerprint density at radius 2 is 0.785 bits per heavy atom. The number of hydrogen-bond acceptors (Lipinski definition) is 1. The fourth-order valence-corrected chi connectivity index (χ4v) is 10.5. The lowest BCUT2D eigenvalue weighted by Crippen LogP contribution is -2.17. The second-order valence-electron chi connectivity index (χ2n) is 17.8. The highest BCUT2D eigenvalue weighted by Crippen LogP contribution is 2.55. The van der Waals surface area contributed by atoms with E-state index >= 15 is 0 Å². The minimum atomic E-state index is -0.247. The van der Waals surface area contributed by atoms with Gasteiger partial charge in [0.05, 0.1) is 11.0 Å². The maximum atomic E-state index is 2.46. The summed E-state index contributed by atoms with van der Waals surface area (Å²) < 4.78 is 2.42. The molecule has 0 fully saturated rings. The van der Waals surface area contributed by atoms with Crippen molar-refractivity contribution in [3.8, 4) is 61.3 Å². The van der Waals surface area contributed by atoms with Gasteiger partial charge in [0.2, 0.25) is 0 Å². The van der Waals surface area contributed by atoms with Crippen LogP contribution in [0.1, 0.15) is 25.0 Å². The van der Waals surface area contributed by atoms with Crippen molar-refractivity contribution in [2.75, 3.05) is 4.90 Å². The number of rotatable bonds is 8. The zero-order valence-corrected chi connectivity index (χ0v) is 36.5. The van der Waals surface area contributed by atoms with E-state index in [1.165, 1.54) is 88.6 Å². The third-order valence-electron chi connectivity index (χ3n) is 13.5. The Kier molecular flexibility index (Phi) is 9.21. The number of nitrogens with zero attached hydrogens (tertiary/aromatic N) is 2. The van der Waals surface area contributed by atoms with Crippen LogP contribution in [0.3, 0.4) is 0 Å². The van der Waals surface area contributed by atoms with Gasteiger partial charge in [0.15, 0.2) is 0 Å². The van der Waals surface area contributed by atoms with Crippen LogP contribution in [0.15, 0.2) is 243 Å². The van der Waals surface area contributed by atoms with Crippen LogP contribution in [0.4, 0.5) is 17.1 Å². The highest BCUT2D eigenvalue weighted by molar-refractivity contribution is 6.09. The van der Waals surface area contributed by atoms with Crippen LogP contribution in [0, 0.1) is 0 Å². The molecule has 1 aliphatic carbocycles. The van der Waals surface area contributed by atoms with Crippen LogP contribution >= 0.6 is 0 Å². The highest BCUT2D eigenvalue weighted by Gasteiger charge is 2.39. The highest BCUT2D eigenvalue weighted by atomic mass is 15.1. The molecule has 0 saturated carbocycles. The molecule has 65 heavy (non-hydrogen) atoms. The molecular weight excluding hydrogens is 785 g/mol. The predicted octanol–water partition coefficient (Wildman–Crippen LogP) is 17.2. The topological polar surface area (TPSA) is 8.17 Å². The molecule has 0 atom stereocenters. The van der Waals surface area contributed by atoms with Gasteiger partial charge in [0.25, 0.3) is 0 Å². The molecule has 0 spiro atoms. The molecule has 1 heterocycles. The summed E-state index contributed by atoms with van der Waals surface area (Å²) in [5.74, 6) is 0. The van der Waals surface area contributed by atoms with Gasteiger partial charge in [-0.15, -0.1) is 0 Å². The molecule has 0 bridgehead atoms. The van der Waals surface area contributed by atoms with E-state index in [1.54, 1.807) is 0 Å². The molecule has 0 radical (unpaired) electrons. The van der Waals surface area contributed by atoms with Crippen LogP contribution in [0.25, 0.3) is 83.1 Å². The van der Waals surface area contributed by atoms with Gasteiger partial charge in [0, 0.05) is 38.9 Å². The molecule has 11 aromatic rings. The van der Waals surface area contributed by atoms with E-state index in [9.17, 15) is 0 Å². The largest absolute Gasteiger partial charge is 0.310 e. The van der Waals surface area contributed by atoms with Gasteiger partial charge in [-0.1, -0.05) is 184 Å². The van der Waals surface area contributed by atoms with E-state index in [2.05, 4.69) is 266 Å². The van der Waals surface area contributed by atoms with Crippen molar-refractivity contribution in [3.05, 3.63) is 254 Å². The van der Waals surface area contributed by atoms with Crippen LogP contribution in [-0.4, -0.2) is 4.57 Å². The lowest BCUT2D eigenvalue weighted by Gasteiger charge is -2.28. The molecule has 10 aromatic carbocycles. The number of benzene rings is 10. The predicted molar refractivity (Wildman–Crippen MR) is 275 cm³/mol. The van der Waals surface area contributed by atoms with Crippen molar-refractivity contribution in [2.24, 2.45) is 0 Å². The summed E-state index contributed by atoms with van der Waals surface area (Å²) in [4.78, 5) is 2.43. The van der Waals surface area contributed by atoms with Gasteiger partial charge >= 0.3 is 0 Å². The Bertz CT molecular complexity index is 3430. The Labute approximate surface area is 381 Å². The molecule has 0 amide bonds. The monoisotopic (exact) mass is 830 g/mol. The van der Waals surface area contributed by atoms with Crippen molar-refractivity contribution in [3.63, 3.8) is 0 Å². The van der Waals surface area contributed by atoms with Crippen molar-refractivity contribution in [1.29, 1.82) is 0 Å². The Balaban J connectivity index is 1.06. The van der Waals surface area contributed by atoms with Gasteiger partial charge < -0.3 is 9.47 Å². The summed E-state index contributed by atoms with van der Waals surface area (Å²) in [7, 11) is 0. The zero-order valence-electron chi connectivity index (χ0n) is 36.5.